The number of carboxylic acids is 1. The Balaban J connectivity index is 1.87. The molecule has 2 N–H and O–H groups in total. The summed E-state index contributed by atoms with van der Waals surface area (Å²) in [4.78, 5) is 16.3. The molecule has 4 rings (SSSR count). The van der Waals surface area contributed by atoms with E-state index in [-0.39, 0.29) is 12.4 Å². The van der Waals surface area contributed by atoms with Crippen molar-refractivity contribution in [3.63, 3.8) is 0 Å². The highest BCUT2D eigenvalue weighted by molar-refractivity contribution is 7.73. The van der Waals surface area contributed by atoms with Gasteiger partial charge in [-0.1, -0.05) is 48.5 Å². The van der Waals surface area contributed by atoms with Crippen LogP contribution in [0.5, 0.6) is 5.88 Å². The van der Waals surface area contributed by atoms with Crippen LogP contribution in [0.1, 0.15) is 16.0 Å². The maximum atomic E-state index is 11.0. The standard InChI is InChI=1S/C20H14N2O3S2/c23-17(24)11-22-19(25)16(27-20(22)26)10-14-13-8-4-5-9-15(13)21-18(14)12-6-2-1-3-7-12/h1-10,25H,11H2,(H,23,24)/b14-10-. The highest BCUT2D eigenvalue weighted by atomic mass is 32.1. The van der Waals surface area contributed by atoms with Gasteiger partial charge in [0, 0.05) is 16.7 Å². The summed E-state index contributed by atoms with van der Waals surface area (Å²) in [6.07, 6.45) is 1.83. The van der Waals surface area contributed by atoms with Crippen LogP contribution in [0, 0.1) is 3.95 Å². The number of carbonyl (C=O) groups is 1. The zero-order valence-electron chi connectivity index (χ0n) is 14.0. The number of hydrogen-bond acceptors (Lipinski definition) is 5. The van der Waals surface area contributed by atoms with E-state index in [0.29, 0.717) is 8.83 Å². The highest BCUT2D eigenvalue weighted by Crippen LogP contribution is 2.40. The van der Waals surface area contributed by atoms with Crippen LogP contribution in [0.4, 0.5) is 5.69 Å². The van der Waals surface area contributed by atoms with Gasteiger partial charge in [-0.15, -0.1) is 11.3 Å². The number of aliphatic carboxylic acids is 1. The van der Waals surface area contributed by atoms with E-state index >= 15 is 0 Å². The largest absolute Gasteiger partial charge is 0.493 e. The summed E-state index contributed by atoms with van der Waals surface area (Å²) >= 11 is 6.39. The summed E-state index contributed by atoms with van der Waals surface area (Å²) in [7, 11) is 0. The number of carboxylic acid groups (broad SMARTS) is 1. The molecule has 0 amide bonds. The van der Waals surface area contributed by atoms with Gasteiger partial charge in [-0.2, -0.15) is 0 Å². The SMILES string of the molecule is O=C(O)Cn1c(O)c(/C=C2\C(c3ccccc3)=Nc3ccccc32)sc1=S. The fraction of sp³-hybridized carbons (Fsp3) is 0.0500. The molecule has 0 saturated carbocycles. The third-order valence-electron chi connectivity index (χ3n) is 4.19. The Morgan fingerprint density at radius 2 is 1.85 bits per heavy atom. The van der Waals surface area contributed by atoms with Gasteiger partial charge in [-0.05, 0) is 24.4 Å². The van der Waals surface area contributed by atoms with Crippen molar-refractivity contribution in [2.75, 3.05) is 0 Å². The van der Waals surface area contributed by atoms with E-state index in [1.807, 2.05) is 60.7 Å². The van der Waals surface area contributed by atoms with Crippen LogP contribution in [0.25, 0.3) is 11.6 Å². The lowest BCUT2D eigenvalue weighted by Gasteiger charge is -2.06. The Morgan fingerprint density at radius 3 is 2.59 bits per heavy atom. The van der Waals surface area contributed by atoms with Crippen molar-refractivity contribution in [3.8, 4) is 5.88 Å². The first kappa shape index (κ1) is 17.4. The summed E-state index contributed by atoms with van der Waals surface area (Å²) in [5, 5.41) is 19.5. The molecule has 1 aliphatic heterocycles. The van der Waals surface area contributed by atoms with E-state index in [1.54, 1.807) is 0 Å². The number of rotatable bonds is 4. The second-order valence-electron chi connectivity index (χ2n) is 5.94. The van der Waals surface area contributed by atoms with Crippen LogP contribution in [0.15, 0.2) is 59.6 Å². The summed E-state index contributed by atoms with van der Waals surface area (Å²) < 4.78 is 1.53. The van der Waals surface area contributed by atoms with Crippen molar-refractivity contribution >= 4 is 52.6 Å². The molecule has 0 spiro atoms. The summed E-state index contributed by atoms with van der Waals surface area (Å²) in [5.41, 5.74) is 4.45. The molecule has 0 unspecified atom stereocenters. The van der Waals surface area contributed by atoms with Gasteiger partial charge in [-0.3, -0.25) is 9.36 Å². The molecule has 5 nitrogen and oxygen atoms in total. The average molecular weight is 394 g/mol. The second-order valence-corrected chi connectivity index (χ2v) is 7.61. The average Bonchev–Trinajstić information content (AvgIpc) is 3.15. The molecule has 0 radical (unpaired) electrons. The van der Waals surface area contributed by atoms with Gasteiger partial charge in [0.2, 0.25) is 5.88 Å². The highest BCUT2D eigenvalue weighted by Gasteiger charge is 2.23. The number of aliphatic imine (C=N–C) groups is 1. The first-order valence-corrected chi connectivity index (χ1v) is 9.37. The number of aromatic nitrogens is 1. The Labute approximate surface area is 164 Å². The number of para-hydroxylation sites is 1. The summed E-state index contributed by atoms with van der Waals surface area (Å²) in [5.74, 6) is -1.20. The lowest BCUT2D eigenvalue weighted by atomic mass is 9.97. The number of hydrogen-bond donors (Lipinski definition) is 2. The topological polar surface area (TPSA) is 74.8 Å². The normalized spacial score (nSPS) is 14.2. The molecular formula is C20H14N2O3S2. The van der Waals surface area contributed by atoms with E-state index in [4.69, 9.17) is 22.3 Å². The van der Waals surface area contributed by atoms with Gasteiger partial charge in [0.15, 0.2) is 3.95 Å². The number of fused-ring (bicyclic) bond motifs is 1. The van der Waals surface area contributed by atoms with Crippen LogP contribution in [-0.4, -0.2) is 26.5 Å². The molecule has 0 atom stereocenters. The predicted molar refractivity (Wildman–Crippen MR) is 109 cm³/mol. The lowest BCUT2D eigenvalue weighted by Crippen LogP contribution is -2.07. The number of aromatic hydroxyl groups is 1. The molecule has 7 heteroatoms. The Bertz CT molecular complexity index is 1160. The van der Waals surface area contributed by atoms with Crippen molar-refractivity contribution in [2.45, 2.75) is 6.54 Å². The second kappa shape index (κ2) is 6.94. The molecule has 0 fully saturated rings. The zero-order valence-corrected chi connectivity index (χ0v) is 15.6. The molecule has 0 aliphatic carbocycles. The van der Waals surface area contributed by atoms with Gasteiger partial charge >= 0.3 is 5.97 Å². The van der Waals surface area contributed by atoms with Gasteiger partial charge in [-0.25, -0.2) is 4.99 Å². The minimum atomic E-state index is -1.06. The quantitative estimate of drug-likeness (QED) is 0.627. The maximum absolute atomic E-state index is 11.0. The lowest BCUT2D eigenvalue weighted by molar-refractivity contribution is -0.137. The third-order valence-corrected chi connectivity index (χ3v) is 5.58. The van der Waals surface area contributed by atoms with E-state index in [2.05, 4.69) is 0 Å². The fourth-order valence-corrected chi connectivity index (χ4v) is 4.23. The van der Waals surface area contributed by atoms with Crippen molar-refractivity contribution in [2.24, 2.45) is 4.99 Å². The Kier molecular flexibility index (Phi) is 4.47. The van der Waals surface area contributed by atoms with Crippen molar-refractivity contribution < 1.29 is 15.0 Å². The van der Waals surface area contributed by atoms with E-state index in [9.17, 15) is 9.90 Å². The van der Waals surface area contributed by atoms with E-state index < -0.39 is 5.97 Å². The summed E-state index contributed by atoms with van der Waals surface area (Å²) in [6, 6.07) is 17.6. The Hall–Kier alpha value is -3.03. The first-order chi connectivity index (χ1) is 13.0. The van der Waals surface area contributed by atoms with Gasteiger partial charge < -0.3 is 10.2 Å². The monoisotopic (exact) mass is 394 g/mol. The van der Waals surface area contributed by atoms with Gasteiger partial charge in [0.25, 0.3) is 0 Å². The third kappa shape index (κ3) is 3.22. The minimum absolute atomic E-state index is 0.142. The first-order valence-electron chi connectivity index (χ1n) is 8.14. The Morgan fingerprint density at radius 1 is 1.15 bits per heavy atom. The molecule has 3 aromatic rings. The molecule has 1 aromatic heterocycles. The van der Waals surface area contributed by atoms with E-state index in [1.165, 1.54) is 15.9 Å². The van der Waals surface area contributed by atoms with Crippen molar-refractivity contribution in [1.29, 1.82) is 0 Å². The predicted octanol–water partition coefficient (Wildman–Crippen LogP) is 4.74. The molecule has 27 heavy (non-hydrogen) atoms. The number of benzene rings is 2. The minimum Gasteiger partial charge on any atom is -0.493 e. The smallest absolute Gasteiger partial charge is 0.323 e. The number of thiazole rings is 1. The zero-order chi connectivity index (χ0) is 19.0. The van der Waals surface area contributed by atoms with Crippen LogP contribution in [0.3, 0.4) is 0 Å². The number of allylic oxidation sites excluding steroid dienone is 1. The molecule has 2 aromatic carbocycles. The molecular weight excluding hydrogens is 380 g/mol. The van der Waals surface area contributed by atoms with Crippen molar-refractivity contribution in [3.05, 3.63) is 74.6 Å². The molecule has 1 aliphatic rings. The number of nitrogens with zero attached hydrogens (tertiary/aromatic N) is 2. The van der Waals surface area contributed by atoms with Crippen LogP contribution in [-0.2, 0) is 11.3 Å². The van der Waals surface area contributed by atoms with Gasteiger partial charge in [0.1, 0.15) is 6.54 Å². The van der Waals surface area contributed by atoms with Gasteiger partial charge in [0.05, 0.1) is 16.3 Å². The maximum Gasteiger partial charge on any atom is 0.323 e. The van der Waals surface area contributed by atoms with E-state index in [0.717, 1.165) is 28.1 Å². The molecule has 134 valence electrons. The fourth-order valence-electron chi connectivity index (χ4n) is 2.98. The molecule has 2 heterocycles. The molecule has 0 saturated heterocycles. The van der Waals surface area contributed by atoms with Crippen LogP contribution >= 0.6 is 23.6 Å². The van der Waals surface area contributed by atoms with Crippen molar-refractivity contribution in [1.82, 2.24) is 4.57 Å². The molecule has 0 bridgehead atoms. The van der Waals surface area contributed by atoms with Crippen LogP contribution < -0.4 is 0 Å². The summed E-state index contributed by atoms with van der Waals surface area (Å²) in [6.45, 7) is -0.374. The van der Waals surface area contributed by atoms with Crippen LogP contribution in [0.2, 0.25) is 0 Å².